The van der Waals surface area contributed by atoms with Crippen LogP contribution in [0.3, 0.4) is 0 Å². The quantitative estimate of drug-likeness (QED) is 0.391. The first-order valence-corrected chi connectivity index (χ1v) is 8.81. The van der Waals surface area contributed by atoms with Gasteiger partial charge < -0.3 is 26.8 Å². The Labute approximate surface area is 162 Å². The molecule has 0 saturated heterocycles. The van der Waals surface area contributed by atoms with Gasteiger partial charge in [0, 0.05) is 35.3 Å². The van der Waals surface area contributed by atoms with Gasteiger partial charge in [-0.1, -0.05) is 11.6 Å². The monoisotopic (exact) mass is 390 g/mol. The zero-order valence-corrected chi connectivity index (χ0v) is 16.3. The van der Waals surface area contributed by atoms with Crippen LogP contribution in [-0.2, 0) is 6.54 Å². The molecule has 1 unspecified atom stereocenters. The number of aryl methyl sites for hydroxylation is 1. The molecule has 3 rings (SSSR count). The van der Waals surface area contributed by atoms with Crippen molar-refractivity contribution in [3.05, 3.63) is 33.7 Å². The third-order valence-corrected chi connectivity index (χ3v) is 4.92. The first-order chi connectivity index (χ1) is 12.8. The summed E-state index contributed by atoms with van der Waals surface area (Å²) in [6.07, 6.45) is 1.80. The third kappa shape index (κ3) is 3.68. The number of nitrogens with zero attached hydrogens (tertiary/aromatic N) is 5. The molecule has 27 heavy (non-hydrogen) atoms. The normalized spacial score (nSPS) is 15.6. The van der Waals surface area contributed by atoms with E-state index in [1.54, 1.807) is 13.3 Å². The second-order valence-corrected chi connectivity index (χ2v) is 6.86. The Morgan fingerprint density at radius 2 is 2.11 bits per heavy atom. The first-order valence-electron chi connectivity index (χ1n) is 8.44. The lowest BCUT2D eigenvalue weighted by molar-refractivity contribution is 0.406. The fraction of sp³-hybridized carbons (Fsp3) is 0.412. The Kier molecular flexibility index (Phi) is 5.22. The van der Waals surface area contributed by atoms with Crippen molar-refractivity contribution in [1.29, 1.82) is 0 Å². The molecule has 0 aliphatic carbocycles. The highest BCUT2D eigenvalue weighted by atomic mass is 35.5. The van der Waals surface area contributed by atoms with Crippen molar-refractivity contribution in [2.24, 2.45) is 16.5 Å². The van der Waals surface area contributed by atoms with Crippen LogP contribution in [0, 0.1) is 13.8 Å². The molecule has 0 aromatic carbocycles. The molecule has 9 nitrogen and oxygen atoms in total. The highest BCUT2D eigenvalue weighted by Gasteiger charge is 2.34. The Hall–Kier alpha value is -2.81. The van der Waals surface area contributed by atoms with Gasteiger partial charge in [-0.25, -0.2) is 4.98 Å². The molecule has 1 atom stereocenters. The summed E-state index contributed by atoms with van der Waals surface area (Å²) < 4.78 is 5.50. The summed E-state index contributed by atoms with van der Waals surface area (Å²) in [7, 11) is 1.66. The second-order valence-electron chi connectivity index (χ2n) is 6.50. The van der Waals surface area contributed by atoms with Gasteiger partial charge >= 0.3 is 0 Å². The van der Waals surface area contributed by atoms with Crippen LogP contribution >= 0.6 is 11.6 Å². The van der Waals surface area contributed by atoms with E-state index in [9.17, 15) is 0 Å². The van der Waals surface area contributed by atoms with Gasteiger partial charge in [-0.05, 0) is 13.8 Å². The summed E-state index contributed by atoms with van der Waals surface area (Å²) in [6, 6.07) is 0. The van der Waals surface area contributed by atoms with Crippen molar-refractivity contribution >= 4 is 29.3 Å². The zero-order chi connectivity index (χ0) is 19.7. The second kappa shape index (κ2) is 7.43. The average molecular weight is 391 g/mol. The molecule has 2 aromatic heterocycles. The van der Waals surface area contributed by atoms with Crippen LogP contribution in [0.5, 0.6) is 5.75 Å². The molecule has 0 radical (unpaired) electrons. The smallest absolute Gasteiger partial charge is 0.223 e. The Bertz CT molecular complexity index is 897. The SMILES string of the molecule is COc1c(C)cnc(CN2CC(CN=C(N)N)c3c(Cl)nc(N)nc32)c1C. The molecule has 0 saturated carbocycles. The molecule has 0 fully saturated rings. The number of nitrogens with two attached hydrogens (primary N) is 3. The van der Waals surface area contributed by atoms with E-state index >= 15 is 0 Å². The molecule has 1 aliphatic heterocycles. The van der Waals surface area contributed by atoms with Gasteiger partial charge in [0.2, 0.25) is 5.95 Å². The predicted octanol–water partition coefficient (Wildman–Crippen LogP) is 1.11. The molecule has 3 heterocycles. The van der Waals surface area contributed by atoms with E-state index in [-0.39, 0.29) is 17.8 Å². The maximum Gasteiger partial charge on any atom is 0.223 e. The standard InChI is InChI=1S/C17H23ClN8O/c1-8-4-22-11(9(2)13(8)27-3)7-26-6-10(5-23-16(19)20)12-14(18)24-17(21)25-15(12)26/h4,10H,5-7H2,1-3H3,(H4,19,20,23)(H2,21,24,25). The van der Waals surface area contributed by atoms with Crippen molar-refractivity contribution in [3.8, 4) is 5.75 Å². The zero-order valence-electron chi connectivity index (χ0n) is 15.5. The Morgan fingerprint density at radius 3 is 2.78 bits per heavy atom. The van der Waals surface area contributed by atoms with Gasteiger partial charge in [-0.15, -0.1) is 0 Å². The number of rotatable bonds is 5. The summed E-state index contributed by atoms with van der Waals surface area (Å²) in [6.45, 7) is 5.50. The van der Waals surface area contributed by atoms with E-state index in [0.717, 1.165) is 28.1 Å². The van der Waals surface area contributed by atoms with Gasteiger partial charge in [-0.3, -0.25) is 9.98 Å². The van der Waals surface area contributed by atoms with E-state index in [0.29, 0.717) is 30.6 Å². The van der Waals surface area contributed by atoms with Crippen molar-refractivity contribution in [2.45, 2.75) is 26.3 Å². The van der Waals surface area contributed by atoms with Gasteiger partial charge in [0.15, 0.2) is 5.96 Å². The van der Waals surface area contributed by atoms with Crippen LogP contribution < -0.4 is 26.8 Å². The van der Waals surface area contributed by atoms with E-state index in [4.69, 9.17) is 33.5 Å². The lowest BCUT2D eigenvalue weighted by Gasteiger charge is -2.21. The van der Waals surface area contributed by atoms with E-state index < -0.39 is 0 Å². The van der Waals surface area contributed by atoms with Crippen LogP contribution in [0.1, 0.15) is 28.3 Å². The van der Waals surface area contributed by atoms with Gasteiger partial charge in [0.25, 0.3) is 0 Å². The minimum Gasteiger partial charge on any atom is -0.496 e. The van der Waals surface area contributed by atoms with E-state index in [1.807, 2.05) is 13.8 Å². The van der Waals surface area contributed by atoms with Crippen LogP contribution in [-0.4, -0.2) is 41.1 Å². The number of hydrogen-bond acceptors (Lipinski definition) is 7. The first kappa shape index (κ1) is 19.0. The average Bonchev–Trinajstić information content (AvgIpc) is 2.94. The number of nitrogen functional groups attached to an aromatic ring is 1. The summed E-state index contributed by atoms with van der Waals surface area (Å²) in [4.78, 5) is 19.2. The van der Waals surface area contributed by atoms with Crippen LogP contribution in [0.4, 0.5) is 11.8 Å². The fourth-order valence-electron chi connectivity index (χ4n) is 3.40. The summed E-state index contributed by atoms with van der Waals surface area (Å²) in [5.74, 6) is 1.63. The molecule has 0 amide bonds. The summed E-state index contributed by atoms with van der Waals surface area (Å²) >= 11 is 6.35. The molecule has 10 heteroatoms. The number of halogens is 1. The maximum atomic E-state index is 6.35. The summed E-state index contributed by atoms with van der Waals surface area (Å²) in [5, 5.41) is 0.321. The molecule has 1 aliphatic rings. The number of fused-ring (bicyclic) bond motifs is 1. The third-order valence-electron chi connectivity index (χ3n) is 4.63. The largest absolute Gasteiger partial charge is 0.496 e. The van der Waals surface area contributed by atoms with Crippen molar-refractivity contribution in [2.75, 3.05) is 30.8 Å². The fourth-order valence-corrected chi connectivity index (χ4v) is 3.72. The number of hydrogen-bond donors (Lipinski definition) is 3. The van der Waals surface area contributed by atoms with Crippen molar-refractivity contribution in [3.63, 3.8) is 0 Å². The number of ether oxygens (including phenoxy) is 1. The minimum atomic E-state index is -0.0390. The van der Waals surface area contributed by atoms with Crippen LogP contribution in [0.25, 0.3) is 0 Å². The van der Waals surface area contributed by atoms with E-state index in [1.165, 1.54) is 0 Å². The predicted molar refractivity (Wildman–Crippen MR) is 106 cm³/mol. The number of aliphatic imine (C=N–C) groups is 1. The maximum absolute atomic E-state index is 6.35. The molecular formula is C17H23ClN8O. The Morgan fingerprint density at radius 1 is 1.37 bits per heavy atom. The number of anilines is 2. The lowest BCUT2D eigenvalue weighted by atomic mass is 10.1. The number of pyridine rings is 1. The minimum absolute atomic E-state index is 0.0308. The van der Waals surface area contributed by atoms with Crippen molar-refractivity contribution in [1.82, 2.24) is 15.0 Å². The molecule has 2 aromatic rings. The summed E-state index contributed by atoms with van der Waals surface area (Å²) in [5.41, 5.74) is 20.4. The topological polar surface area (TPSA) is 142 Å². The van der Waals surface area contributed by atoms with Crippen LogP contribution in [0.2, 0.25) is 5.15 Å². The van der Waals surface area contributed by atoms with E-state index in [2.05, 4.69) is 24.8 Å². The number of methoxy groups -OCH3 is 1. The highest BCUT2D eigenvalue weighted by Crippen LogP contribution is 2.40. The van der Waals surface area contributed by atoms with Crippen LogP contribution in [0.15, 0.2) is 11.2 Å². The molecule has 144 valence electrons. The number of aromatic nitrogens is 3. The molecule has 0 spiro atoms. The van der Waals surface area contributed by atoms with Crippen molar-refractivity contribution < 1.29 is 4.74 Å². The molecule has 6 N–H and O–H groups in total. The van der Waals surface area contributed by atoms with Gasteiger partial charge in [0.1, 0.15) is 16.7 Å². The lowest BCUT2D eigenvalue weighted by Crippen LogP contribution is -2.26. The molecular weight excluding hydrogens is 368 g/mol. The van der Waals surface area contributed by atoms with Gasteiger partial charge in [-0.2, -0.15) is 4.98 Å². The van der Waals surface area contributed by atoms with Gasteiger partial charge in [0.05, 0.1) is 25.9 Å². The Balaban J connectivity index is 1.97. The molecule has 0 bridgehead atoms. The highest BCUT2D eigenvalue weighted by molar-refractivity contribution is 6.30. The number of guanidine groups is 1.